The number of amides is 2. The van der Waals surface area contributed by atoms with Crippen LogP contribution in [-0.2, 0) is 14.8 Å². The molecule has 4 rings (SSSR count). The van der Waals surface area contributed by atoms with Gasteiger partial charge in [-0.1, -0.05) is 11.8 Å². The number of rotatable bonds is 3. The molecule has 10 heteroatoms. The van der Waals surface area contributed by atoms with Gasteiger partial charge in [-0.3, -0.25) is 19.9 Å². The molecule has 1 saturated heterocycles. The molecule has 3 heterocycles. The summed E-state index contributed by atoms with van der Waals surface area (Å²) in [4.78, 5) is 27.6. The number of sulfonamides is 1. The van der Waals surface area contributed by atoms with Gasteiger partial charge in [0, 0.05) is 35.0 Å². The number of nitrogens with one attached hydrogen (secondary N) is 2. The summed E-state index contributed by atoms with van der Waals surface area (Å²) in [5.74, 6) is 5.91. The maximum atomic E-state index is 12.4. The number of hydrogen-bond acceptors (Lipinski definition) is 7. The molecule has 0 aliphatic carbocycles. The van der Waals surface area contributed by atoms with Crippen molar-refractivity contribution in [2.75, 3.05) is 0 Å². The highest BCUT2D eigenvalue weighted by Crippen LogP contribution is 2.29. The monoisotopic (exact) mass is 481 g/mol. The second kappa shape index (κ2) is 8.51. The molecule has 0 saturated carbocycles. The Hall–Kier alpha value is -3.39. The van der Waals surface area contributed by atoms with Crippen LogP contribution in [0.1, 0.15) is 37.7 Å². The van der Waals surface area contributed by atoms with Gasteiger partial charge in [-0.25, -0.2) is 13.1 Å². The molecule has 168 valence electrons. The molecule has 3 aromatic rings. The van der Waals surface area contributed by atoms with Gasteiger partial charge in [0.2, 0.25) is 10.0 Å². The van der Waals surface area contributed by atoms with Gasteiger partial charge in [-0.15, -0.1) is 0 Å². The molecule has 0 bridgehead atoms. The SMILES string of the molecule is CC(C)(C)NS(=O)(=O)c1ccc(C#Cc2cncc3cc(/C=C4\SC(=O)NC4=O)oc23)cc1. The topological polar surface area (TPSA) is 118 Å². The van der Waals surface area contributed by atoms with Crippen LogP contribution >= 0.6 is 11.8 Å². The van der Waals surface area contributed by atoms with Gasteiger partial charge in [0.15, 0.2) is 5.58 Å². The van der Waals surface area contributed by atoms with Gasteiger partial charge >= 0.3 is 0 Å². The number of carbonyl (C=O) groups is 2. The molecule has 0 spiro atoms. The van der Waals surface area contributed by atoms with E-state index in [2.05, 4.69) is 26.9 Å². The van der Waals surface area contributed by atoms with Crippen molar-refractivity contribution in [1.29, 1.82) is 0 Å². The first-order valence-corrected chi connectivity index (χ1v) is 12.1. The lowest BCUT2D eigenvalue weighted by atomic mass is 10.1. The fourth-order valence-electron chi connectivity index (χ4n) is 3.01. The van der Waals surface area contributed by atoms with Gasteiger partial charge in [0.1, 0.15) is 5.76 Å². The third-order valence-electron chi connectivity index (χ3n) is 4.30. The van der Waals surface area contributed by atoms with Gasteiger partial charge < -0.3 is 4.42 Å². The van der Waals surface area contributed by atoms with Crippen molar-refractivity contribution >= 4 is 50.0 Å². The Bertz CT molecular complexity index is 1470. The zero-order chi connectivity index (χ0) is 23.8. The number of hydrogen-bond donors (Lipinski definition) is 2. The third kappa shape index (κ3) is 5.34. The van der Waals surface area contributed by atoms with E-state index in [0.717, 1.165) is 11.8 Å². The average molecular weight is 482 g/mol. The normalized spacial score (nSPS) is 15.5. The highest BCUT2D eigenvalue weighted by atomic mass is 32.2. The number of furan rings is 1. The first kappa shape index (κ1) is 22.8. The Morgan fingerprint density at radius 2 is 1.85 bits per heavy atom. The molecule has 1 aromatic carbocycles. The number of nitrogens with zero attached hydrogens (tertiary/aromatic N) is 1. The van der Waals surface area contributed by atoms with Crippen molar-refractivity contribution in [2.45, 2.75) is 31.2 Å². The Balaban J connectivity index is 1.60. The Morgan fingerprint density at radius 3 is 2.48 bits per heavy atom. The number of imide groups is 1. The van der Waals surface area contributed by atoms with E-state index in [1.54, 1.807) is 51.4 Å². The molecule has 0 radical (unpaired) electrons. The van der Waals surface area contributed by atoms with Gasteiger partial charge in [0.05, 0.1) is 15.4 Å². The summed E-state index contributed by atoms with van der Waals surface area (Å²) in [6.45, 7) is 5.32. The molecule has 33 heavy (non-hydrogen) atoms. The van der Waals surface area contributed by atoms with E-state index in [1.807, 2.05) is 0 Å². The predicted octanol–water partition coefficient (Wildman–Crippen LogP) is 3.63. The summed E-state index contributed by atoms with van der Waals surface area (Å²) in [7, 11) is -3.63. The summed E-state index contributed by atoms with van der Waals surface area (Å²) in [5.41, 5.74) is 1.06. The minimum Gasteiger partial charge on any atom is -0.455 e. The van der Waals surface area contributed by atoms with Gasteiger partial charge in [0.25, 0.3) is 11.1 Å². The maximum Gasteiger partial charge on any atom is 0.290 e. The number of fused-ring (bicyclic) bond motifs is 1. The molecular weight excluding hydrogens is 462 g/mol. The second-order valence-electron chi connectivity index (χ2n) is 8.24. The Morgan fingerprint density at radius 1 is 1.12 bits per heavy atom. The van der Waals surface area contributed by atoms with Crippen molar-refractivity contribution < 1.29 is 22.4 Å². The van der Waals surface area contributed by atoms with Crippen molar-refractivity contribution in [3.8, 4) is 11.8 Å². The highest BCUT2D eigenvalue weighted by Gasteiger charge is 2.25. The number of pyridine rings is 1. The van der Waals surface area contributed by atoms with Crippen LogP contribution < -0.4 is 10.0 Å². The van der Waals surface area contributed by atoms with E-state index < -0.39 is 26.7 Å². The molecule has 1 aliphatic rings. The summed E-state index contributed by atoms with van der Waals surface area (Å²) < 4.78 is 33.3. The fraction of sp³-hybridized carbons (Fsp3) is 0.174. The summed E-state index contributed by atoms with van der Waals surface area (Å²) in [6.07, 6.45) is 4.66. The van der Waals surface area contributed by atoms with E-state index in [4.69, 9.17) is 4.42 Å². The molecule has 1 aliphatic heterocycles. The van der Waals surface area contributed by atoms with E-state index >= 15 is 0 Å². The number of carbonyl (C=O) groups excluding carboxylic acids is 2. The zero-order valence-corrected chi connectivity index (χ0v) is 19.6. The molecule has 2 N–H and O–H groups in total. The van der Waals surface area contributed by atoms with Crippen molar-refractivity contribution in [2.24, 2.45) is 0 Å². The second-order valence-corrected chi connectivity index (χ2v) is 10.9. The van der Waals surface area contributed by atoms with Crippen LogP contribution in [0.4, 0.5) is 4.79 Å². The van der Waals surface area contributed by atoms with Crippen molar-refractivity contribution in [3.05, 3.63) is 64.5 Å². The summed E-state index contributed by atoms with van der Waals surface area (Å²) >= 11 is 0.806. The number of thioether (sulfide) groups is 1. The molecular formula is C23H19N3O5S2. The Labute approximate surface area is 194 Å². The quantitative estimate of drug-likeness (QED) is 0.433. The first-order chi connectivity index (χ1) is 15.5. The minimum atomic E-state index is -3.63. The third-order valence-corrected chi connectivity index (χ3v) is 6.89. The van der Waals surface area contributed by atoms with Crippen LogP contribution in [0, 0.1) is 11.8 Å². The molecule has 8 nitrogen and oxygen atoms in total. The molecule has 0 atom stereocenters. The first-order valence-electron chi connectivity index (χ1n) is 9.79. The van der Waals surface area contributed by atoms with Crippen LogP contribution in [0.5, 0.6) is 0 Å². The average Bonchev–Trinajstić information content (AvgIpc) is 3.27. The van der Waals surface area contributed by atoms with Gasteiger partial charge in [-0.2, -0.15) is 0 Å². The molecule has 0 unspecified atom stereocenters. The fourth-order valence-corrected chi connectivity index (χ4v) is 5.09. The number of aromatic nitrogens is 1. The smallest absolute Gasteiger partial charge is 0.290 e. The maximum absolute atomic E-state index is 12.4. The summed E-state index contributed by atoms with van der Waals surface area (Å²) in [6, 6.07) is 7.96. The standard InChI is InChI=1S/C23H19N3O5S2/c1-23(2,3)26-33(29,30)18-8-5-14(6-9-18)4-7-15-12-24-13-16-10-17(31-20(15)16)11-19-21(27)25-22(28)32-19/h5-6,8-13,26H,1-3H3,(H,25,27,28)/b19-11-. The molecule has 2 amide bonds. The largest absolute Gasteiger partial charge is 0.455 e. The lowest BCUT2D eigenvalue weighted by molar-refractivity contribution is -0.115. The van der Waals surface area contributed by atoms with E-state index in [0.29, 0.717) is 27.9 Å². The van der Waals surface area contributed by atoms with Crippen LogP contribution in [0.3, 0.4) is 0 Å². The van der Waals surface area contributed by atoms with Crippen LogP contribution in [0.2, 0.25) is 0 Å². The van der Waals surface area contributed by atoms with Crippen LogP contribution in [-0.4, -0.2) is 30.1 Å². The van der Waals surface area contributed by atoms with Crippen LogP contribution in [0.25, 0.3) is 17.0 Å². The lowest BCUT2D eigenvalue weighted by Gasteiger charge is -2.20. The Kier molecular flexibility index (Phi) is 5.88. The minimum absolute atomic E-state index is 0.155. The van der Waals surface area contributed by atoms with E-state index in [1.165, 1.54) is 18.2 Å². The lowest BCUT2D eigenvalue weighted by Crippen LogP contribution is -2.40. The molecule has 2 aromatic heterocycles. The van der Waals surface area contributed by atoms with Gasteiger partial charge in [-0.05, 0) is 62.9 Å². The van der Waals surface area contributed by atoms with E-state index in [9.17, 15) is 18.0 Å². The van der Waals surface area contributed by atoms with E-state index in [-0.39, 0.29) is 9.80 Å². The van der Waals surface area contributed by atoms with Crippen molar-refractivity contribution in [3.63, 3.8) is 0 Å². The molecule has 1 fully saturated rings. The predicted molar refractivity (Wildman–Crippen MR) is 126 cm³/mol. The summed E-state index contributed by atoms with van der Waals surface area (Å²) in [5, 5.41) is 2.46. The zero-order valence-electron chi connectivity index (χ0n) is 17.9. The van der Waals surface area contributed by atoms with Crippen molar-refractivity contribution in [1.82, 2.24) is 15.0 Å². The number of benzene rings is 1. The van der Waals surface area contributed by atoms with Crippen LogP contribution in [0.15, 0.2) is 56.9 Å². The highest BCUT2D eigenvalue weighted by molar-refractivity contribution is 8.18.